The Morgan fingerprint density at radius 3 is 2.62 bits per heavy atom. The molecule has 2 aliphatic heterocycles. The van der Waals surface area contributed by atoms with Crippen molar-refractivity contribution in [3.63, 3.8) is 0 Å². The van der Waals surface area contributed by atoms with Crippen molar-refractivity contribution in [2.24, 2.45) is 5.92 Å². The Balaban J connectivity index is 1.76. The molecule has 136 valence electrons. The smallest absolute Gasteiger partial charge is 0.264 e. The van der Waals surface area contributed by atoms with E-state index in [1.54, 1.807) is 23.1 Å². The zero-order chi connectivity index (χ0) is 18.5. The van der Waals surface area contributed by atoms with Crippen LogP contribution >= 0.6 is 0 Å². The number of para-hydroxylation sites is 1. The molecular weight excluding hydrogens is 348 g/mol. The Labute approximate surface area is 154 Å². The van der Waals surface area contributed by atoms with Crippen molar-refractivity contribution in [3.05, 3.63) is 53.6 Å². The molecule has 1 amide bonds. The first kappa shape index (κ1) is 17.1. The van der Waals surface area contributed by atoms with Crippen LogP contribution in [0, 0.1) is 5.92 Å². The summed E-state index contributed by atoms with van der Waals surface area (Å²) in [5.41, 5.74) is 3.58. The molecule has 6 heteroatoms. The molecule has 0 fully saturated rings. The Hall–Kier alpha value is -2.34. The van der Waals surface area contributed by atoms with Gasteiger partial charge in [-0.1, -0.05) is 25.1 Å². The van der Waals surface area contributed by atoms with Gasteiger partial charge in [0.15, 0.2) is 0 Å². The molecule has 26 heavy (non-hydrogen) atoms. The van der Waals surface area contributed by atoms with Gasteiger partial charge in [-0.3, -0.25) is 9.10 Å². The summed E-state index contributed by atoms with van der Waals surface area (Å²) in [5.74, 6) is 0.250. The molecule has 0 radical (unpaired) electrons. The van der Waals surface area contributed by atoms with Crippen molar-refractivity contribution in [1.29, 1.82) is 0 Å². The van der Waals surface area contributed by atoms with Crippen LogP contribution in [0.5, 0.6) is 0 Å². The molecule has 0 bridgehead atoms. The highest BCUT2D eigenvalue weighted by molar-refractivity contribution is 7.92. The normalized spacial score (nSPS) is 19.2. The van der Waals surface area contributed by atoms with Gasteiger partial charge in [-0.05, 0) is 54.2 Å². The summed E-state index contributed by atoms with van der Waals surface area (Å²) in [4.78, 5) is 13.7. The lowest BCUT2D eigenvalue weighted by Gasteiger charge is -2.34. The first-order chi connectivity index (χ1) is 12.4. The van der Waals surface area contributed by atoms with Crippen molar-refractivity contribution in [3.8, 4) is 0 Å². The van der Waals surface area contributed by atoms with Crippen molar-refractivity contribution in [2.75, 3.05) is 22.3 Å². The molecule has 1 atom stereocenters. The standard InChI is InChI=1S/C20H22N2O3S/c1-14-11-16-5-3-4-6-20(16)22(13-14)26(24,25)18-7-8-19-17(12-18)9-10-21(19)15(2)23/h3-8,12,14H,9-11,13H2,1-2H3. The number of fused-ring (bicyclic) bond motifs is 2. The van der Waals surface area contributed by atoms with Crippen LogP contribution in [0.25, 0.3) is 0 Å². The number of hydrogen-bond donors (Lipinski definition) is 0. The topological polar surface area (TPSA) is 57.7 Å². The second-order valence-electron chi connectivity index (χ2n) is 7.19. The summed E-state index contributed by atoms with van der Waals surface area (Å²) in [6, 6.07) is 12.8. The number of benzene rings is 2. The lowest BCUT2D eigenvalue weighted by molar-refractivity contribution is -0.116. The molecule has 0 aromatic heterocycles. The monoisotopic (exact) mass is 370 g/mol. The average molecular weight is 370 g/mol. The molecular formula is C20H22N2O3S. The van der Waals surface area contributed by atoms with E-state index in [2.05, 4.69) is 6.92 Å². The summed E-state index contributed by atoms with van der Waals surface area (Å²) in [6.07, 6.45) is 1.57. The van der Waals surface area contributed by atoms with Crippen molar-refractivity contribution >= 4 is 27.3 Å². The van der Waals surface area contributed by atoms with Crippen molar-refractivity contribution in [2.45, 2.75) is 31.6 Å². The number of carbonyl (C=O) groups excluding carboxylic acids is 1. The molecule has 5 nitrogen and oxygen atoms in total. The lowest BCUT2D eigenvalue weighted by Crippen LogP contribution is -2.39. The molecule has 2 aliphatic rings. The van der Waals surface area contributed by atoms with E-state index in [-0.39, 0.29) is 11.8 Å². The zero-order valence-electron chi connectivity index (χ0n) is 15.0. The predicted molar refractivity (Wildman–Crippen MR) is 102 cm³/mol. The van der Waals surface area contributed by atoms with Crippen LogP contribution < -0.4 is 9.21 Å². The molecule has 0 spiro atoms. The van der Waals surface area contributed by atoms with E-state index in [1.807, 2.05) is 24.3 Å². The van der Waals surface area contributed by atoms with Gasteiger partial charge in [0.05, 0.1) is 10.6 Å². The van der Waals surface area contributed by atoms with E-state index >= 15 is 0 Å². The Bertz CT molecular complexity index is 984. The minimum absolute atomic E-state index is 0.0156. The second-order valence-corrected chi connectivity index (χ2v) is 9.05. The number of carbonyl (C=O) groups is 1. The molecule has 2 heterocycles. The fourth-order valence-electron chi connectivity index (χ4n) is 3.97. The van der Waals surface area contributed by atoms with Gasteiger partial charge in [-0.15, -0.1) is 0 Å². The van der Waals surface area contributed by atoms with Crippen LogP contribution in [-0.2, 0) is 27.7 Å². The number of anilines is 2. The summed E-state index contributed by atoms with van der Waals surface area (Å²) < 4.78 is 28.2. The third kappa shape index (κ3) is 2.69. The first-order valence-corrected chi connectivity index (χ1v) is 10.3. The fourth-order valence-corrected chi connectivity index (χ4v) is 5.64. The predicted octanol–water partition coefficient (Wildman–Crippen LogP) is 2.98. The molecule has 1 unspecified atom stereocenters. The van der Waals surface area contributed by atoms with E-state index in [0.29, 0.717) is 24.4 Å². The Morgan fingerprint density at radius 2 is 1.85 bits per heavy atom. The third-order valence-electron chi connectivity index (χ3n) is 5.22. The van der Waals surface area contributed by atoms with Crippen LogP contribution in [0.15, 0.2) is 47.4 Å². The highest BCUT2D eigenvalue weighted by atomic mass is 32.2. The highest BCUT2D eigenvalue weighted by Gasteiger charge is 2.33. The summed E-state index contributed by atoms with van der Waals surface area (Å²) >= 11 is 0. The summed E-state index contributed by atoms with van der Waals surface area (Å²) in [7, 11) is -3.64. The van der Waals surface area contributed by atoms with E-state index in [9.17, 15) is 13.2 Å². The fraction of sp³-hybridized carbons (Fsp3) is 0.350. The number of nitrogens with zero attached hydrogens (tertiary/aromatic N) is 2. The number of amides is 1. The van der Waals surface area contributed by atoms with Gasteiger partial charge in [0.1, 0.15) is 0 Å². The molecule has 0 aliphatic carbocycles. The maximum atomic E-state index is 13.4. The van der Waals surface area contributed by atoms with Crippen molar-refractivity contribution in [1.82, 2.24) is 0 Å². The minimum Gasteiger partial charge on any atom is -0.312 e. The molecule has 4 rings (SSSR count). The van der Waals surface area contributed by atoms with Crippen LogP contribution in [-0.4, -0.2) is 27.4 Å². The van der Waals surface area contributed by atoms with E-state index < -0.39 is 10.0 Å². The van der Waals surface area contributed by atoms with Gasteiger partial charge >= 0.3 is 0 Å². The van der Waals surface area contributed by atoms with Crippen LogP contribution in [0.3, 0.4) is 0 Å². The number of rotatable bonds is 2. The largest absolute Gasteiger partial charge is 0.312 e. The maximum Gasteiger partial charge on any atom is 0.264 e. The van der Waals surface area contributed by atoms with Crippen LogP contribution in [0.1, 0.15) is 25.0 Å². The number of sulfonamides is 1. The van der Waals surface area contributed by atoms with Gasteiger partial charge in [-0.25, -0.2) is 8.42 Å². The van der Waals surface area contributed by atoms with Gasteiger partial charge < -0.3 is 4.90 Å². The molecule has 0 saturated carbocycles. The van der Waals surface area contributed by atoms with Gasteiger partial charge in [0, 0.05) is 25.7 Å². The zero-order valence-corrected chi connectivity index (χ0v) is 15.8. The Morgan fingerprint density at radius 1 is 1.08 bits per heavy atom. The third-order valence-corrected chi connectivity index (χ3v) is 7.00. The summed E-state index contributed by atoms with van der Waals surface area (Å²) in [6.45, 7) is 4.70. The number of hydrogen-bond acceptors (Lipinski definition) is 3. The van der Waals surface area contributed by atoms with Gasteiger partial charge in [-0.2, -0.15) is 0 Å². The van der Waals surface area contributed by atoms with Crippen LogP contribution in [0.4, 0.5) is 11.4 Å². The SMILES string of the molecule is CC(=O)N1CCc2cc(S(=O)(=O)N3CC(C)Cc4ccccc43)ccc21. The van der Waals surface area contributed by atoms with Gasteiger partial charge in [0.25, 0.3) is 10.0 Å². The molecule has 2 aromatic carbocycles. The van der Waals surface area contributed by atoms with E-state index in [0.717, 1.165) is 28.9 Å². The van der Waals surface area contributed by atoms with Crippen molar-refractivity contribution < 1.29 is 13.2 Å². The molecule has 2 aromatic rings. The van der Waals surface area contributed by atoms with E-state index in [1.165, 1.54) is 11.2 Å². The average Bonchev–Trinajstić information content (AvgIpc) is 3.04. The molecule has 0 N–H and O–H groups in total. The molecule has 0 saturated heterocycles. The minimum atomic E-state index is -3.64. The maximum absolute atomic E-state index is 13.4. The van der Waals surface area contributed by atoms with Gasteiger partial charge in [0.2, 0.25) is 5.91 Å². The van der Waals surface area contributed by atoms with Crippen LogP contribution in [0.2, 0.25) is 0 Å². The first-order valence-electron chi connectivity index (χ1n) is 8.89. The second kappa shape index (κ2) is 6.13. The lowest BCUT2D eigenvalue weighted by atomic mass is 9.96. The summed E-state index contributed by atoms with van der Waals surface area (Å²) in [5, 5.41) is 0. The van der Waals surface area contributed by atoms with E-state index in [4.69, 9.17) is 0 Å². The quantitative estimate of drug-likeness (QED) is 0.817. The highest BCUT2D eigenvalue weighted by Crippen LogP contribution is 2.36. The Kier molecular flexibility index (Phi) is 4.03.